The Morgan fingerprint density at radius 3 is 1.37 bits per heavy atom. The molecular weight excluding hydrogens is 400 g/mol. The van der Waals surface area contributed by atoms with Crippen molar-refractivity contribution in [2.45, 2.75) is 39.5 Å². The highest BCUT2D eigenvalue weighted by atomic mass is 32.1. The molecule has 2 heterocycles. The summed E-state index contributed by atoms with van der Waals surface area (Å²) in [5.74, 6) is 1.10. The number of fused-ring (bicyclic) bond motifs is 10. The van der Waals surface area contributed by atoms with Gasteiger partial charge in [0.05, 0.1) is 9.40 Å². The number of hydrogen-bond acceptors (Lipinski definition) is 2. The molecule has 2 heteroatoms. The van der Waals surface area contributed by atoms with E-state index in [-0.39, 0.29) is 0 Å². The maximum atomic E-state index is 2.41. The van der Waals surface area contributed by atoms with Crippen LogP contribution in [0.15, 0.2) is 60.7 Å². The fraction of sp³-hybridized carbons (Fsp3) is 0.214. The van der Waals surface area contributed by atoms with E-state index in [1.165, 1.54) is 62.2 Å². The molecule has 30 heavy (non-hydrogen) atoms. The molecule has 0 aliphatic heterocycles. The van der Waals surface area contributed by atoms with Crippen molar-refractivity contribution in [1.29, 1.82) is 0 Å². The summed E-state index contributed by atoms with van der Waals surface area (Å²) in [6, 6.07) is 23.2. The molecule has 0 atom stereocenters. The maximum Gasteiger partial charge on any atom is 0.0540 e. The lowest BCUT2D eigenvalue weighted by Crippen LogP contribution is -1.85. The molecule has 0 saturated heterocycles. The predicted molar refractivity (Wildman–Crippen MR) is 138 cm³/mol. The molecule has 0 N–H and O–H groups in total. The zero-order valence-electron chi connectivity index (χ0n) is 17.7. The molecule has 0 aliphatic rings. The van der Waals surface area contributed by atoms with E-state index in [9.17, 15) is 0 Å². The van der Waals surface area contributed by atoms with Gasteiger partial charge in [0.2, 0.25) is 0 Å². The fourth-order valence-electron chi connectivity index (χ4n) is 4.72. The molecule has 0 nitrogen and oxygen atoms in total. The molecule has 0 saturated carbocycles. The Morgan fingerprint density at radius 2 is 0.967 bits per heavy atom. The second-order valence-electron chi connectivity index (χ2n) is 8.98. The first kappa shape index (κ1) is 18.4. The van der Waals surface area contributed by atoms with Crippen molar-refractivity contribution in [2.24, 2.45) is 0 Å². The van der Waals surface area contributed by atoms with Gasteiger partial charge in [-0.15, -0.1) is 22.7 Å². The van der Waals surface area contributed by atoms with Gasteiger partial charge in [-0.05, 0) is 45.9 Å². The zero-order chi connectivity index (χ0) is 20.6. The molecule has 2 aromatic heterocycles. The van der Waals surface area contributed by atoms with Gasteiger partial charge in [-0.3, -0.25) is 0 Å². The molecule has 4 aromatic carbocycles. The quantitative estimate of drug-likeness (QED) is 0.259. The largest absolute Gasteiger partial charge is 0.134 e. The second kappa shape index (κ2) is 6.54. The van der Waals surface area contributed by atoms with Crippen LogP contribution in [0, 0.1) is 0 Å². The van der Waals surface area contributed by atoms with Crippen molar-refractivity contribution in [1.82, 2.24) is 0 Å². The molecule has 0 bridgehead atoms. The van der Waals surface area contributed by atoms with Crippen LogP contribution in [0.25, 0.3) is 51.1 Å². The minimum Gasteiger partial charge on any atom is -0.134 e. The van der Waals surface area contributed by atoms with Crippen molar-refractivity contribution in [2.75, 3.05) is 0 Å². The van der Waals surface area contributed by atoms with E-state index in [1.54, 1.807) is 0 Å². The van der Waals surface area contributed by atoms with Crippen LogP contribution in [0.5, 0.6) is 0 Å². The highest BCUT2D eigenvalue weighted by Crippen LogP contribution is 2.49. The Labute approximate surface area is 184 Å². The van der Waals surface area contributed by atoms with Gasteiger partial charge in [0.25, 0.3) is 0 Å². The summed E-state index contributed by atoms with van der Waals surface area (Å²) in [6.45, 7) is 9.11. The van der Waals surface area contributed by atoms with Crippen LogP contribution >= 0.6 is 22.7 Å². The first-order chi connectivity index (χ1) is 14.5. The van der Waals surface area contributed by atoms with E-state index in [4.69, 9.17) is 0 Å². The van der Waals surface area contributed by atoms with Gasteiger partial charge in [-0.1, -0.05) is 76.2 Å². The van der Waals surface area contributed by atoms with Crippen molar-refractivity contribution < 1.29 is 0 Å². The van der Waals surface area contributed by atoms with Gasteiger partial charge in [-0.2, -0.15) is 0 Å². The Morgan fingerprint density at radius 1 is 0.533 bits per heavy atom. The molecule has 148 valence electrons. The summed E-state index contributed by atoms with van der Waals surface area (Å²) in [6.07, 6.45) is 0. The lowest BCUT2D eigenvalue weighted by atomic mass is 9.96. The van der Waals surface area contributed by atoms with Crippen molar-refractivity contribution >= 4 is 73.8 Å². The van der Waals surface area contributed by atoms with Crippen molar-refractivity contribution in [3.8, 4) is 0 Å². The third-order valence-electron chi connectivity index (χ3n) is 6.43. The average Bonchev–Trinajstić information content (AvgIpc) is 3.31. The highest BCUT2D eigenvalue weighted by Gasteiger charge is 2.18. The van der Waals surface area contributed by atoms with Gasteiger partial charge < -0.3 is 0 Å². The van der Waals surface area contributed by atoms with Gasteiger partial charge in [0.15, 0.2) is 0 Å². The predicted octanol–water partition coefficient (Wildman–Crippen LogP) is 9.82. The minimum absolute atomic E-state index is 0.551. The van der Waals surface area contributed by atoms with Crippen LogP contribution in [0.3, 0.4) is 0 Å². The van der Waals surface area contributed by atoms with E-state index in [1.807, 2.05) is 22.7 Å². The van der Waals surface area contributed by atoms with E-state index in [2.05, 4.69) is 88.4 Å². The summed E-state index contributed by atoms with van der Waals surface area (Å²) in [7, 11) is 0. The van der Waals surface area contributed by atoms with E-state index >= 15 is 0 Å². The van der Waals surface area contributed by atoms with Crippen LogP contribution < -0.4 is 0 Å². The number of thiophene rings is 2. The van der Waals surface area contributed by atoms with Crippen LogP contribution in [-0.4, -0.2) is 0 Å². The van der Waals surface area contributed by atoms with Gasteiger partial charge in [0.1, 0.15) is 0 Å². The minimum atomic E-state index is 0.551. The van der Waals surface area contributed by atoms with E-state index in [0.29, 0.717) is 11.8 Å². The maximum absolute atomic E-state index is 2.41. The summed E-state index contributed by atoms with van der Waals surface area (Å²) in [5.41, 5.74) is 2.85. The third-order valence-corrected chi connectivity index (χ3v) is 8.90. The molecule has 0 unspecified atom stereocenters. The first-order valence-electron chi connectivity index (χ1n) is 10.8. The zero-order valence-corrected chi connectivity index (χ0v) is 19.4. The first-order valence-corrected chi connectivity index (χ1v) is 12.4. The SMILES string of the molecule is CC(C)c1ccc2c(c1)sc1c3sc4cc(C(C)C)ccc4c3c3ccccc3c21. The average molecular weight is 425 g/mol. The number of hydrogen-bond donors (Lipinski definition) is 0. The molecule has 0 spiro atoms. The normalized spacial score (nSPS) is 12.6. The monoisotopic (exact) mass is 424 g/mol. The van der Waals surface area contributed by atoms with Crippen LogP contribution in [0.1, 0.15) is 50.7 Å². The van der Waals surface area contributed by atoms with Crippen molar-refractivity contribution in [3.05, 3.63) is 71.8 Å². The fourth-order valence-corrected chi connectivity index (χ4v) is 7.39. The molecule has 0 amide bonds. The Bertz CT molecular complexity index is 1470. The van der Waals surface area contributed by atoms with Crippen LogP contribution in [0.4, 0.5) is 0 Å². The smallest absolute Gasteiger partial charge is 0.0540 e. The summed E-state index contributed by atoms with van der Waals surface area (Å²) in [5, 5.41) is 8.44. The second-order valence-corrected chi connectivity index (χ2v) is 11.1. The van der Waals surface area contributed by atoms with Crippen LogP contribution in [0.2, 0.25) is 0 Å². The Hall–Kier alpha value is -2.42. The third kappa shape index (κ3) is 2.50. The summed E-state index contributed by atoms with van der Waals surface area (Å²) in [4.78, 5) is 0. The molecule has 6 rings (SSSR count). The van der Waals surface area contributed by atoms with Crippen LogP contribution in [-0.2, 0) is 0 Å². The standard InChI is InChI=1S/C28H24S2/c1-15(2)17-9-11-21-23(13-17)29-27-25(21)19-7-5-6-8-20(19)26-22-12-10-18(16(3)4)14-24(22)30-28(26)27/h5-16H,1-4H3. The van der Waals surface area contributed by atoms with Gasteiger partial charge in [-0.25, -0.2) is 0 Å². The molecule has 0 radical (unpaired) electrons. The Kier molecular flexibility index (Phi) is 4.00. The molecular formula is C28H24S2. The van der Waals surface area contributed by atoms with E-state index < -0.39 is 0 Å². The lowest BCUT2D eigenvalue weighted by molar-refractivity contribution is 0.869. The topological polar surface area (TPSA) is 0 Å². The molecule has 6 aromatic rings. The lowest BCUT2D eigenvalue weighted by Gasteiger charge is -2.06. The van der Waals surface area contributed by atoms with Crippen molar-refractivity contribution in [3.63, 3.8) is 0 Å². The molecule has 0 aliphatic carbocycles. The number of rotatable bonds is 2. The highest BCUT2D eigenvalue weighted by molar-refractivity contribution is 7.33. The van der Waals surface area contributed by atoms with Gasteiger partial charge >= 0.3 is 0 Å². The summed E-state index contributed by atoms with van der Waals surface area (Å²) < 4.78 is 5.72. The van der Waals surface area contributed by atoms with Gasteiger partial charge in [0, 0.05) is 30.9 Å². The molecule has 0 fully saturated rings. The van der Waals surface area contributed by atoms with E-state index in [0.717, 1.165) is 0 Å². The Balaban J connectivity index is 1.85. The summed E-state index contributed by atoms with van der Waals surface area (Å²) >= 11 is 3.95. The number of benzene rings is 4.